The highest BCUT2D eigenvalue weighted by atomic mass is 32.2. The normalized spacial score (nSPS) is 15.5. The molecule has 1 aliphatic heterocycles. The minimum absolute atomic E-state index is 0.155. The number of carbonyl (C=O) groups excluding carboxylic acids is 1. The van der Waals surface area contributed by atoms with E-state index in [2.05, 4.69) is 33.9 Å². The van der Waals surface area contributed by atoms with Crippen molar-refractivity contribution in [3.05, 3.63) is 71.8 Å². The molecule has 32 heavy (non-hydrogen) atoms. The molecule has 6 nitrogen and oxygen atoms in total. The number of nitrogens with one attached hydrogen (secondary N) is 1. The fourth-order valence-electron chi connectivity index (χ4n) is 3.70. The fourth-order valence-corrected chi connectivity index (χ4v) is 4.96. The lowest BCUT2D eigenvalue weighted by Crippen LogP contribution is -2.48. The Balaban J connectivity index is 1.41. The number of sulfonamides is 1. The first-order valence-electron chi connectivity index (χ1n) is 11.2. The van der Waals surface area contributed by atoms with Gasteiger partial charge in [-0.25, -0.2) is 13.1 Å². The highest BCUT2D eigenvalue weighted by Crippen LogP contribution is 2.14. The average molecular weight is 456 g/mol. The number of aryl methyl sites for hydroxylation is 1. The molecule has 1 fully saturated rings. The predicted molar refractivity (Wildman–Crippen MR) is 129 cm³/mol. The van der Waals surface area contributed by atoms with Crippen LogP contribution in [0.15, 0.2) is 65.6 Å². The van der Waals surface area contributed by atoms with E-state index in [0.29, 0.717) is 12.8 Å². The Hall–Kier alpha value is -2.48. The third-order valence-corrected chi connectivity index (χ3v) is 7.12. The topological polar surface area (TPSA) is 69.7 Å². The van der Waals surface area contributed by atoms with Crippen molar-refractivity contribution < 1.29 is 13.2 Å². The summed E-state index contributed by atoms with van der Waals surface area (Å²) in [4.78, 5) is 17.1. The summed E-state index contributed by atoms with van der Waals surface area (Å²) in [5, 5.41) is 0. The van der Waals surface area contributed by atoms with Gasteiger partial charge in [-0.1, -0.05) is 54.6 Å². The van der Waals surface area contributed by atoms with Gasteiger partial charge in [-0.3, -0.25) is 9.69 Å². The van der Waals surface area contributed by atoms with Crippen LogP contribution in [0, 0.1) is 0 Å². The molecule has 0 radical (unpaired) electrons. The number of rotatable bonds is 9. The van der Waals surface area contributed by atoms with Crippen LogP contribution in [-0.2, 0) is 21.2 Å². The van der Waals surface area contributed by atoms with E-state index in [-0.39, 0.29) is 16.8 Å². The van der Waals surface area contributed by atoms with Gasteiger partial charge in [-0.05, 0) is 43.5 Å². The van der Waals surface area contributed by atoms with E-state index in [1.54, 1.807) is 38.1 Å². The van der Waals surface area contributed by atoms with Crippen LogP contribution in [0.3, 0.4) is 0 Å². The standard InChI is InChI=1S/C25H33N3O3S/c1-21(2)26-32(30,31)24-13-10-23(11-14-24)12-15-25(29)28-19-17-27(18-20-28)16-6-9-22-7-4-3-5-8-22/h3-11,13-14,21,26H,12,15-20H2,1-2H3/b9-6+. The maximum Gasteiger partial charge on any atom is 0.240 e. The Morgan fingerprint density at radius 3 is 2.28 bits per heavy atom. The molecule has 0 aromatic heterocycles. The Morgan fingerprint density at radius 2 is 1.66 bits per heavy atom. The molecule has 1 aliphatic rings. The molecule has 0 aliphatic carbocycles. The van der Waals surface area contributed by atoms with Crippen molar-refractivity contribution in [1.29, 1.82) is 0 Å². The van der Waals surface area contributed by atoms with Crippen LogP contribution < -0.4 is 4.72 Å². The number of nitrogens with zero attached hydrogens (tertiary/aromatic N) is 2. The molecular weight excluding hydrogens is 422 g/mol. The molecule has 0 spiro atoms. The van der Waals surface area contributed by atoms with Crippen molar-refractivity contribution in [2.45, 2.75) is 37.6 Å². The Labute approximate surface area is 192 Å². The zero-order valence-corrected chi connectivity index (χ0v) is 19.7. The van der Waals surface area contributed by atoms with Crippen molar-refractivity contribution in [3.8, 4) is 0 Å². The molecule has 0 unspecified atom stereocenters. The van der Waals surface area contributed by atoms with Gasteiger partial charge >= 0.3 is 0 Å². The molecule has 1 N–H and O–H groups in total. The minimum atomic E-state index is -3.49. The SMILES string of the molecule is CC(C)NS(=O)(=O)c1ccc(CCC(=O)N2CCN(C/C=C/c3ccccc3)CC2)cc1. The van der Waals surface area contributed by atoms with E-state index in [9.17, 15) is 13.2 Å². The number of benzene rings is 2. The lowest BCUT2D eigenvalue weighted by molar-refractivity contribution is -0.132. The first kappa shape index (κ1) is 24.2. The molecule has 1 saturated heterocycles. The predicted octanol–water partition coefficient (Wildman–Crippen LogP) is 3.16. The molecule has 0 atom stereocenters. The third kappa shape index (κ3) is 7.29. The molecule has 2 aromatic carbocycles. The Bertz CT molecular complexity index is 994. The zero-order valence-electron chi connectivity index (χ0n) is 18.9. The monoisotopic (exact) mass is 455 g/mol. The largest absolute Gasteiger partial charge is 0.340 e. The molecule has 0 saturated carbocycles. The van der Waals surface area contributed by atoms with E-state index in [4.69, 9.17) is 0 Å². The molecule has 2 aromatic rings. The van der Waals surface area contributed by atoms with E-state index in [0.717, 1.165) is 38.3 Å². The van der Waals surface area contributed by atoms with E-state index >= 15 is 0 Å². The van der Waals surface area contributed by atoms with E-state index < -0.39 is 10.0 Å². The summed E-state index contributed by atoms with van der Waals surface area (Å²) in [6, 6.07) is 16.9. The van der Waals surface area contributed by atoms with Gasteiger partial charge in [-0.2, -0.15) is 0 Å². The van der Waals surface area contributed by atoms with Gasteiger partial charge in [0, 0.05) is 45.2 Å². The number of piperazine rings is 1. The quantitative estimate of drug-likeness (QED) is 0.631. The molecule has 0 bridgehead atoms. The second-order valence-electron chi connectivity index (χ2n) is 8.41. The van der Waals surface area contributed by atoms with Crippen molar-refractivity contribution in [3.63, 3.8) is 0 Å². The lowest BCUT2D eigenvalue weighted by atomic mass is 10.1. The van der Waals surface area contributed by atoms with Crippen LogP contribution in [0.2, 0.25) is 0 Å². The summed E-state index contributed by atoms with van der Waals surface area (Å²) in [5.41, 5.74) is 2.16. The summed E-state index contributed by atoms with van der Waals surface area (Å²) < 4.78 is 27.0. The fraction of sp³-hybridized carbons (Fsp3) is 0.400. The van der Waals surface area contributed by atoms with Crippen molar-refractivity contribution in [1.82, 2.24) is 14.5 Å². The third-order valence-electron chi connectivity index (χ3n) is 5.45. The summed E-state index contributed by atoms with van der Waals surface area (Å²) in [6.45, 7) is 7.71. The van der Waals surface area contributed by atoms with Crippen LogP contribution >= 0.6 is 0 Å². The van der Waals surface area contributed by atoms with Crippen LogP contribution in [0.5, 0.6) is 0 Å². The Morgan fingerprint density at radius 1 is 1.00 bits per heavy atom. The number of amides is 1. The summed E-state index contributed by atoms with van der Waals surface area (Å²) >= 11 is 0. The van der Waals surface area contributed by atoms with E-state index in [1.807, 2.05) is 23.1 Å². The van der Waals surface area contributed by atoms with Gasteiger partial charge in [0.15, 0.2) is 0 Å². The average Bonchev–Trinajstić information content (AvgIpc) is 2.78. The summed E-state index contributed by atoms with van der Waals surface area (Å²) in [7, 11) is -3.49. The molecule has 3 rings (SSSR count). The summed E-state index contributed by atoms with van der Waals surface area (Å²) in [5.74, 6) is 0.155. The highest BCUT2D eigenvalue weighted by Gasteiger charge is 2.20. The first-order chi connectivity index (χ1) is 15.3. The van der Waals surface area contributed by atoms with Crippen LogP contribution in [0.4, 0.5) is 0 Å². The maximum absolute atomic E-state index is 12.6. The molecule has 7 heteroatoms. The van der Waals surface area contributed by atoms with Gasteiger partial charge in [0.05, 0.1) is 4.90 Å². The van der Waals surface area contributed by atoms with Gasteiger partial charge in [-0.15, -0.1) is 0 Å². The van der Waals surface area contributed by atoms with Gasteiger partial charge in [0.1, 0.15) is 0 Å². The number of hydrogen-bond donors (Lipinski definition) is 1. The van der Waals surface area contributed by atoms with Gasteiger partial charge < -0.3 is 4.90 Å². The van der Waals surface area contributed by atoms with Crippen LogP contribution in [-0.4, -0.2) is 62.9 Å². The van der Waals surface area contributed by atoms with Gasteiger partial charge in [0.2, 0.25) is 15.9 Å². The lowest BCUT2D eigenvalue weighted by Gasteiger charge is -2.34. The molecular formula is C25H33N3O3S. The summed E-state index contributed by atoms with van der Waals surface area (Å²) in [6.07, 6.45) is 5.35. The van der Waals surface area contributed by atoms with Crippen molar-refractivity contribution in [2.24, 2.45) is 0 Å². The molecule has 172 valence electrons. The van der Waals surface area contributed by atoms with Crippen LogP contribution in [0.25, 0.3) is 6.08 Å². The molecule has 1 amide bonds. The highest BCUT2D eigenvalue weighted by molar-refractivity contribution is 7.89. The first-order valence-corrected chi connectivity index (χ1v) is 12.6. The molecule has 1 heterocycles. The second kappa shape index (κ2) is 11.4. The zero-order chi connectivity index (χ0) is 23.0. The second-order valence-corrected chi connectivity index (χ2v) is 10.1. The van der Waals surface area contributed by atoms with Crippen LogP contribution in [0.1, 0.15) is 31.4 Å². The Kier molecular flexibility index (Phi) is 8.61. The van der Waals surface area contributed by atoms with Crippen molar-refractivity contribution >= 4 is 22.0 Å². The van der Waals surface area contributed by atoms with Crippen molar-refractivity contribution in [2.75, 3.05) is 32.7 Å². The maximum atomic E-state index is 12.6. The smallest absolute Gasteiger partial charge is 0.240 e. The van der Waals surface area contributed by atoms with Gasteiger partial charge in [0.25, 0.3) is 0 Å². The number of hydrogen-bond acceptors (Lipinski definition) is 4. The number of carbonyl (C=O) groups is 1. The van der Waals surface area contributed by atoms with E-state index in [1.165, 1.54) is 5.56 Å². The minimum Gasteiger partial charge on any atom is -0.340 e.